The van der Waals surface area contributed by atoms with Crippen LogP contribution < -0.4 is 15.5 Å². The standard InChI is InChI=1S/C21H22Cl2N4OS2/c1-3-30-11-10-24-21(29)26-19-20(28)27(2)17-9-8-13(22)12-15(17)18(25-19)14-6-4-5-7-16(14)23/h4-9,12,19H,3,10-11H2,1-2H3,(H2,24,26,29). The third kappa shape index (κ3) is 5.27. The molecule has 1 amide bonds. The van der Waals surface area contributed by atoms with Gasteiger partial charge in [0.2, 0.25) is 6.17 Å². The van der Waals surface area contributed by atoms with Crippen molar-refractivity contribution in [1.29, 1.82) is 0 Å². The SMILES string of the molecule is CCSCCNC(=S)NC1N=C(c2ccccc2Cl)c2cc(Cl)ccc2N(C)C1=O. The zero-order chi connectivity index (χ0) is 21.7. The Hall–Kier alpha value is -1.80. The highest BCUT2D eigenvalue weighted by Crippen LogP contribution is 2.31. The van der Waals surface area contributed by atoms with E-state index in [9.17, 15) is 4.79 Å². The van der Waals surface area contributed by atoms with Crippen molar-refractivity contribution in [2.75, 3.05) is 30.0 Å². The molecule has 1 heterocycles. The van der Waals surface area contributed by atoms with E-state index in [2.05, 4.69) is 17.6 Å². The maximum Gasteiger partial charge on any atom is 0.272 e. The second kappa shape index (κ2) is 10.5. The van der Waals surface area contributed by atoms with Crippen molar-refractivity contribution in [2.45, 2.75) is 13.1 Å². The van der Waals surface area contributed by atoms with Gasteiger partial charge in [-0.2, -0.15) is 11.8 Å². The van der Waals surface area contributed by atoms with E-state index in [-0.39, 0.29) is 5.91 Å². The van der Waals surface area contributed by atoms with Gasteiger partial charge in [-0.25, -0.2) is 4.99 Å². The van der Waals surface area contributed by atoms with Crippen LogP contribution in [0.2, 0.25) is 10.0 Å². The lowest BCUT2D eigenvalue weighted by molar-refractivity contribution is -0.119. The summed E-state index contributed by atoms with van der Waals surface area (Å²) in [6, 6.07) is 12.7. The van der Waals surface area contributed by atoms with Gasteiger partial charge < -0.3 is 15.5 Å². The van der Waals surface area contributed by atoms with Crippen LogP contribution >= 0.6 is 47.2 Å². The van der Waals surface area contributed by atoms with Gasteiger partial charge in [-0.05, 0) is 42.2 Å². The van der Waals surface area contributed by atoms with E-state index in [1.54, 1.807) is 30.1 Å². The van der Waals surface area contributed by atoms with Gasteiger partial charge in [0.05, 0.1) is 11.4 Å². The molecule has 158 valence electrons. The van der Waals surface area contributed by atoms with Crippen LogP contribution in [0.25, 0.3) is 0 Å². The number of hydrogen-bond acceptors (Lipinski definition) is 4. The molecule has 0 saturated heterocycles. The zero-order valence-electron chi connectivity index (χ0n) is 16.6. The number of rotatable bonds is 6. The Balaban J connectivity index is 1.99. The predicted molar refractivity (Wildman–Crippen MR) is 132 cm³/mol. The number of hydrogen-bond donors (Lipinski definition) is 2. The number of halogens is 2. The lowest BCUT2D eigenvalue weighted by atomic mass is 10.00. The summed E-state index contributed by atoms with van der Waals surface area (Å²) in [7, 11) is 1.71. The fourth-order valence-corrected chi connectivity index (χ4v) is 4.21. The first-order chi connectivity index (χ1) is 14.4. The second-order valence-electron chi connectivity index (χ2n) is 6.52. The van der Waals surface area contributed by atoms with Crippen LogP contribution in [0.3, 0.4) is 0 Å². The highest BCUT2D eigenvalue weighted by atomic mass is 35.5. The fourth-order valence-electron chi connectivity index (χ4n) is 3.06. The molecule has 1 unspecified atom stereocenters. The molecule has 0 bridgehead atoms. The first kappa shape index (κ1) is 22.9. The number of carbonyl (C=O) groups is 1. The molecule has 0 aliphatic carbocycles. The molecule has 1 aliphatic heterocycles. The summed E-state index contributed by atoms with van der Waals surface area (Å²) < 4.78 is 0. The Morgan fingerprint density at radius 3 is 2.73 bits per heavy atom. The van der Waals surface area contributed by atoms with E-state index >= 15 is 0 Å². The molecular weight excluding hydrogens is 459 g/mol. The highest BCUT2D eigenvalue weighted by Gasteiger charge is 2.31. The third-order valence-electron chi connectivity index (χ3n) is 4.53. The Bertz CT molecular complexity index is 983. The number of thiocarbonyl (C=S) groups is 1. The number of likely N-dealkylation sites (N-methyl/N-ethyl adjacent to an activating group) is 1. The molecule has 2 aromatic carbocycles. The fraction of sp³-hybridized carbons (Fsp3) is 0.286. The Kier molecular flexibility index (Phi) is 7.99. The van der Waals surface area contributed by atoms with E-state index in [0.717, 1.165) is 22.6 Å². The van der Waals surface area contributed by atoms with Gasteiger partial charge in [-0.3, -0.25) is 4.79 Å². The number of carbonyl (C=O) groups excluding carboxylic acids is 1. The van der Waals surface area contributed by atoms with Crippen molar-refractivity contribution in [2.24, 2.45) is 4.99 Å². The van der Waals surface area contributed by atoms with Gasteiger partial charge in [0.25, 0.3) is 5.91 Å². The van der Waals surface area contributed by atoms with Crippen LogP contribution in [0.5, 0.6) is 0 Å². The molecule has 0 spiro atoms. The molecule has 2 N–H and O–H groups in total. The third-order valence-corrected chi connectivity index (χ3v) is 6.26. The van der Waals surface area contributed by atoms with Gasteiger partial charge in [-0.15, -0.1) is 0 Å². The first-order valence-corrected chi connectivity index (χ1v) is 11.8. The minimum Gasteiger partial charge on any atom is -0.362 e. The summed E-state index contributed by atoms with van der Waals surface area (Å²) in [6.45, 7) is 2.81. The van der Waals surface area contributed by atoms with E-state index in [1.807, 2.05) is 36.0 Å². The van der Waals surface area contributed by atoms with Gasteiger partial charge in [0.1, 0.15) is 0 Å². The number of benzene rings is 2. The summed E-state index contributed by atoms with van der Waals surface area (Å²) in [5, 5.41) is 7.63. The Labute approximate surface area is 196 Å². The summed E-state index contributed by atoms with van der Waals surface area (Å²) in [5.41, 5.74) is 2.73. The van der Waals surface area contributed by atoms with Crippen LogP contribution in [0, 0.1) is 0 Å². The molecule has 9 heteroatoms. The van der Waals surface area contributed by atoms with Crippen molar-refractivity contribution in [1.82, 2.24) is 10.6 Å². The van der Waals surface area contributed by atoms with Crippen LogP contribution in [0.1, 0.15) is 18.1 Å². The molecule has 0 fully saturated rings. The second-order valence-corrected chi connectivity index (χ2v) is 9.16. The van der Waals surface area contributed by atoms with Crippen LogP contribution in [0.4, 0.5) is 5.69 Å². The van der Waals surface area contributed by atoms with Crippen LogP contribution in [-0.2, 0) is 4.79 Å². The average Bonchev–Trinajstić information content (AvgIpc) is 2.82. The highest BCUT2D eigenvalue weighted by molar-refractivity contribution is 7.99. The summed E-state index contributed by atoms with van der Waals surface area (Å²) >= 11 is 19.9. The molecule has 0 radical (unpaired) electrons. The largest absolute Gasteiger partial charge is 0.362 e. The van der Waals surface area contributed by atoms with Gasteiger partial charge in [-0.1, -0.05) is 48.3 Å². The molecular formula is C21H22Cl2N4OS2. The van der Waals surface area contributed by atoms with E-state index < -0.39 is 6.17 Å². The topological polar surface area (TPSA) is 56.7 Å². The first-order valence-electron chi connectivity index (χ1n) is 9.44. The van der Waals surface area contributed by atoms with Gasteiger partial charge in [0.15, 0.2) is 5.11 Å². The number of fused-ring (bicyclic) bond motifs is 1. The molecule has 5 nitrogen and oxygen atoms in total. The Morgan fingerprint density at radius 2 is 2.00 bits per heavy atom. The number of benzodiazepines with no additional fused rings is 1. The average molecular weight is 481 g/mol. The van der Waals surface area contributed by atoms with Crippen LogP contribution in [0.15, 0.2) is 47.5 Å². The maximum absolute atomic E-state index is 13.2. The van der Waals surface area contributed by atoms with Gasteiger partial charge >= 0.3 is 0 Å². The number of thioether (sulfide) groups is 1. The molecule has 2 aromatic rings. The van der Waals surface area contributed by atoms with Crippen molar-refractivity contribution in [3.63, 3.8) is 0 Å². The predicted octanol–water partition coefficient (Wildman–Crippen LogP) is 4.35. The van der Waals surface area contributed by atoms with E-state index in [4.69, 9.17) is 40.4 Å². The van der Waals surface area contributed by atoms with Crippen molar-refractivity contribution >= 4 is 69.6 Å². The summed E-state index contributed by atoms with van der Waals surface area (Å²) in [4.78, 5) is 19.5. The smallest absolute Gasteiger partial charge is 0.272 e. The lowest BCUT2D eigenvalue weighted by Crippen LogP contribution is -2.49. The quantitative estimate of drug-likeness (QED) is 0.475. The van der Waals surface area contributed by atoms with E-state index in [1.165, 1.54) is 0 Å². The number of amides is 1. The summed E-state index contributed by atoms with van der Waals surface area (Å²) in [6.07, 6.45) is -0.897. The number of nitrogens with one attached hydrogen (secondary N) is 2. The zero-order valence-corrected chi connectivity index (χ0v) is 19.8. The number of nitrogens with zero attached hydrogens (tertiary/aromatic N) is 2. The minimum absolute atomic E-state index is 0.229. The van der Waals surface area contributed by atoms with Gasteiger partial charge in [0, 0.05) is 40.5 Å². The Morgan fingerprint density at radius 1 is 1.23 bits per heavy atom. The van der Waals surface area contributed by atoms with Crippen LogP contribution in [-0.4, -0.2) is 48.0 Å². The minimum atomic E-state index is -0.897. The van der Waals surface area contributed by atoms with E-state index in [0.29, 0.717) is 33.1 Å². The molecule has 30 heavy (non-hydrogen) atoms. The van der Waals surface area contributed by atoms with Crippen molar-refractivity contribution in [3.05, 3.63) is 63.6 Å². The maximum atomic E-state index is 13.2. The monoisotopic (exact) mass is 480 g/mol. The van der Waals surface area contributed by atoms with Crippen molar-refractivity contribution in [3.8, 4) is 0 Å². The summed E-state index contributed by atoms with van der Waals surface area (Å²) in [5.74, 6) is 1.74. The molecule has 0 saturated carbocycles. The number of aliphatic imine (C=N–C) groups is 1. The normalized spacial score (nSPS) is 15.9. The van der Waals surface area contributed by atoms with Crippen molar-refractivity contribution < 1.29 is 4.79 Å². The molecule has 0 aromatic heterocycles. The molecule has 1 aliphatic rings. The molecule has 3 rings (SSSR count). The lowest BCUT2D eigenvalue weighted by Gasteiger charge is -2.22. The number of anilines is 1. The molecule has 1 atom stereocenters.